The van der Waals surface area contributed by atoms with Crippen molar-refractivity contribution in [2.45, 2.75) is 12.7 Å². The first-order chi connectivity index (χ1) is 10.9. The van der Waals surface area contributed by atoms with Crippen LogP contribution in [0.4, 0.5) is 13.2 Å². The quantitative estimate of drug-likeness (QED) is 0.727. The molecule has 0 aliphatic heterocycles. The summed E-state index contributed by atoms with van der Waals surface area (Å²) in [5.41, 5.74) is -1.44. The first-order valence-electron chi connectivity index (χ1n) is 6.51. The average molecular weight is 322 g/mol. The number of halogens is 3. The van der Waals surface area contributed by atoms with E-state index in [9.17, 15) is 22.8 Å². The molecule has 0 atom stereocenters. The van der Waals surface area contributed by atoms with Crippen LogP contribution in [0.1, 0.15) is 11.1 Å². The van der Waals surface area contributed by atoms with Gasteiger partial charge in [0, 0.05) is 6.20 Å². The highest BCUT2D eigenvalue weighted by Gasteiger charge is 2.30. The van der Waals surface area contributed by atoms with E-state index in [1.54, 1.807) is 0 Å². The third-order valence-corrected chi connectivity index (χ3v) is 3.23. The number of benzene rings is 1. The lowest BCUT2D eigenvalue weighted by Gasteiger charge is -2.09. The molecule has 0 radical (unpaired) electrons. The molecule has 8 heteroatoms. The van der Waals surface area contributed by atoms with Crippen LogP contribution in [0.2, 0.25) is 0 Å². The lowest BCUT2D eigenvalue weighted by atomic mass is 10.1. The van der Waals surface area contributed by atoms with Gasteiger partial charge in [-0.1, -0.05) is 12.1 Å². The Morgan fingerprint density at radius 3 is 2.65 bits per heavy atom. The fourth-order valence-corrected chi connectivity index (χ4v) is 2.16. The van der Waals surface area contributed by atoms with Crippen molar-refractivity contribution in [3.05, 3.63) is 74.6 Å². The summed E-state index contributed by atoms with van der Waals surface area (Å²) in [5, 5.41) is 0. The molecule has 0 fully saturated rings. The maximum atomic E-state index is 12.7. The lowest BCUT2D eigenvalue weighted by Crippen LogP contribution is -2.33. The van der Waals surface area contributed by atoms with Crippen LogP contribution in [-0.2, 0) is 12.7 Å². The third kappa shape index (κ3) is 2.87. The Balaban J connectivity index is 2.09. The van der Waals surface area contributed by atoms with Crippen molar-refractivity contribution in [3.8, 4) is 0 Å². The molecule has 3 aromatic rings. The number of fused-ring (bicyclic) bond motifs is 1. The summed E-state index contributed by atoms with van der Waals surface area (Å²) in [4.78, 5) is 28.0. The molecule has 0 N–H and O–H groups in total. The van der Waals surface area contributed by atoms with Gasteiger partial charge in [-0.25, -0.2) is 14.3 Å². The second-order valence-electron chi connectivity index (χ2n) is 4.81. The molecule has 0 unspecified atom stereocenters. The number of aromatic nitrogens is 2. The van der Waals surface area contributed by atoms with Gasteiger partial charge in [-0.2, -0.15) is 13.2 Å². The molecule has 0 saturated carbocycles. The smallest absolute Gasteiger partial charge is 0.407 e. The van der Waals surface area contributed by atoms with Gasteiger partial charge in [0.1, 0.15) is 0 Å². The molecule has 0 bridgehead atoms. The van der Waals surface area contributed by atoms with Crippen LogP contribution in [0, 0.1) is 0 Å². The predicted octanol–water partition coefficient (Wildman–Crippen LogP) is 2.42. The number of hydrogen-bond acceptors (Lipinski definition) is 4. The summed E-state index contributed by atoms with van der Waals surface area (Å²) in [6, 6.07) is 7.32. The second kappa shape index (κ2) is 5.38. The molecule has 3 rings (SSSR count). The first-order valence-corrected chi connectivity index (χ1v) is 6.51. The molecule has 0 amide bonds. The van der Waals surface area contributed by atoms with Crippen molar-refractivity contribution in [1.29, 1.82) is 0 Å². The van der Waals surface area contributed by atoms with E-state index < -0.39 is 23.1 Å². The topological polar surface area (TPSA) is 65.1 Å². The molecule has 0 aliphatic carbocycles. The van der Waals surface area contributed by atoms with Crippen molar-refractivity contribution in [2.24, 2.45) is 0 Å². The number of alkyl halides is 3. The Morgan fingerprint density at radius 2 is 1.91 bits per heavy atom. The van der Waals surface area contributed by atoms with Gasteiger partial charge < -0.3 is 4.42 Å². The Morgan fingerprint density at radius 1 is 1.13 bits per heavy atom. The molecule has 5 nitrogen and oxygen atoms in total. The molecule has 118 valence electrons. The van der Waals surface area contributed by atoms with E-state index >= 15 is 0 Å². The summed E-state index contributed by atoms with van der Waals surface area (Å²) < 4.78 is 43.8. The molecule has 2 heterocycles. The Hall–Kier alpha value is -2.90. The zero-order chi connectivity index (χ0) is 16.6. The highest BCUT2D eigenvalue weighted by molar-refractivity contribution is 5.69. The minimum atomic E-state index is -4.50. The van der Waals surface area contributed by atoms with Gasteiger partial charge in [0.2, 0.25) is 0 Å². The number of nitrogens with zero attached hydrogens (tertiary/aromatic N) is 2. The fraction of sp³-hybridized carbons (Fsp3) is 0.133. The Labute approximate surface area is 126 Å². The molecular weight excluding hydrogens is 313 g/mol. The molecule has 0 saturated heterocycles. The minimum absolute atomic E-state index is 0.0304. The molecule has 0 spiro atoms. The van der Waals surface area contributed by atoms with E-state index in [1.807, 2.05) is 0 Å². The normalized spacial score (nSPS) is 11.8. The van der Waals surface area contributed by atoms with Gasteiger partial charge in [-0.05, 0) is 29.8 Å². The highest BCUT2D eigenvalue weighted by atomic mass is 19.4. The van der Waals surface area contributed by atoms with E-state index in [1.165, 1.54) is 30.5 Å². The molecular formula is C15H9F3N2O3. The van der Waals surface area contributed by atoms with Gasteiger partial charge in [0.15, 0.2) is 11.1 Å². The van der Waals surface area contributed by atoms with Crippen molar-refractivity contribution in [1.82, 2.24) is 9.55 Å². The maximum Gasteiger partial charge on any atom is 0.422 e. The SMILES string of the molecule is O=c1oc2cccnc2c(=O)n1Cc1cccc(C(F)(F)F)c1. The monoisotopic (exact) mass is 322 g/mol. The Bertz CT molecular complexity index is 989. The molecule has 0 aliphatic rings. The maximum absolute atomic E-state index is 12.7. The van der Waals surface area contributed by atoms with Gasteiger partial charge >= 0.3 is 11.9 Å². The fourth-order valence-electron chi connectivity index (χ4n) is 2.16. The number of pyridine rings is 1. The van der Waals surface area contributed by atoms with E-state index in [-0.39, 0.29) is 23.2 Å². The van der Waals surface area contributed by atoms with E-state index in [2.05, 4.69) is 4.98 Å². The molecule has 23 heavy (non-hydrogen) atoms. The summed E-state index contributed by atoms with van der Waals surface area (Å²) >= 11 is 0. The second-order valence-corrected chi connectivity index (χ2v) is 4.81. The van der Waals surface area contributed by atoms with E-state index in [0.29, 0.717) is 4.57 Å². The zero-order valence-electron chi connectivity index (χ0n) is 11.5. The third-order valence-electron chi connectivity index (χ3n) is 3.23. The minimum Gasteiger partial charge on any atom is -0.407 e. The molecule has 1 aromatic carbocycles. The first kappa shape index (κ1) is 15.0. The predicted molar refractivity (Wildman–Crippen MR) is 75.1 cm³/mol. The van der Waals surface area contributed by atoms with Crippen LogP contribution in [0.5, 0.6) is 0 Å². The van der Waals surface area contributed by atoms with Crippen LogP contribution >= 0.6 is 0 Å². The van der Waals surface area contributed by atoms with Crippen molar-refractivity contribution in [2.75, 3.05) is 0 Å². The van der Waals surface area contributed by atoms with Crippen molar-refractivity contribution in [3.63, 3.8) is 0 Å². The van der Waals surface area contributed by atoms with Crippen LogP contribution < -0.4 is 11.3 Å². The van der Waals surface area contributed by atoms with Crippen LogP contribution in [0.3, 0.4) is 0 Å². The van der Waals surface area contributed by atoms with Crippen LogP contribution in [0.25, 0.3) is 11.1 Å². The molecule has 2 aromatic heterocycles. The summed E-state index contributed by atoms with van der Waals surface area (Å²) in [6.45, 7) is -0.336. The summed E-state index contributed by atoms with van der Waals surface area (Å²) in [7, 11) is 0. The van der Waals surface area contributed by atoms with Crippen molar-refractivity contribution >= 4 is 11.1 Å². The summed E-state index contributed by atoms with van der Waals surface area (Å²) in [5.74, 6) is -0.951. The van der Waals surface area contributed by atoms with Gasteiger partial charge in [0.05, 0.1) is 12.1 Å². The van der Waals surface area contributed by atoms with Crippen LogP contribution in [0.15, 0.2) is 56.6 Å². The van der Waals surface area contributed by atoms with Gasteiger partial charge in [-0.3, -0.25) is 4.79 Å². The van der Waals surface area contributed by atoms with E-state index in [0.717, 1.165) is 12.1 Å². The zero-order valence-corrected chi connectivity index (χ0v) is 11.5. The standard InChI is InChI=1S/C15H9F3N2O3/c16-15(17,18)10-4-1-3-9(7-10)8-20-13(21)12-11(23-14(20)22)5-2-6-19-12/h1-7H,8H2. The average Bonchev–Trinajstić information content (AvgIpc) is 2.51. The lowest BCUT2D eigenvalue weighted by molar-refractivity contribution is -0.137. The largest absolute Gasteiger partial charge is 0.422 e. The van der Waals surface area contributed by atoms with Crippen LogP contribution in [-0.4, -0.2) is 9.55 Å². The van der Waals surface area contributed by atoms with Crippen molar-refractivity contribution < 1.29 is 17.6 Å². The number of rotatable bonds is 2. The number of hydrogen-bond donors (Lipinski definition) is 0. The highest BCUT2D eigenvalue weighted by Crippen LogP contribution is 2.29. The Kier molecular flexibility index (Phi) is 3.51. The van der Waals surface area contributed by atoms with Gasteiger partial charge in [0.25, 0.3) is 5.56 Å². The van der Waals surface area contributed by atoms with Gasteiger partial charge in [-0.15, -0.1) is 0 Å². The summed E-state index contributed by atoms with van der Waals surface area (Å²) in [6.07, 6.45) is -3.14. The van der Waals surface area contributed by atoms with E-state index in [4.69, 9.17) is 4.42 Å².